The quantitative estimate of drug-likeness (QED) is 0.817. The highest BCUT2D eigenvalue weighted by Crippen LogP contribution is 2.26. The summed E-state index contributed by atoms with van der Waals surface area (Å²) in [6.45, 7) is 3.70. The van der Waals surface area contributed by atoms with E-state index in [4.69, 9.17) is 0 Å². The van der Waals surface area contributed by atoms with Crippen molar-refractivity contribution in [2.24, 2.45) is 0 Å². The van der Waals surface area contributed by atoms with Crippen LogP contribution in [0.5, 0.6) is 0 Å². The van der Waals surface area contributed by atoms with Gasteiger partial charge in [-0.25, -0.2) is 18.4 Å². The molecule has 0 aliphatic carbocycles. The third-order valence-electron chi connectivity index (χ3n) is 3.82. The van der Waals surface area contributed by atoms with Crippen LogP contribution in [0.25, 0.3) is 10.9 Å². The van der Waals surface area contributed by atoms with Crippen molar-refractivity contribution in [1.82, 2.24) is 14.9 Å². The molecule has 0 bridgehead atoms. The van der Waals surface area contributed by atoms with Gasteiger partial charge in [0.2, 0.25) is 0 Å². The number of fused-ring (bicyclic) bond motifs is 1. The minimum Gasteiger partial charge on any atom is -0.353 e. The lowest BCUT2D eigenvalue weighted by Crippen LogP contribution is -2.44. The highest BCUT2D eigenvalue weighted by atomic mass is 32.2. The molecule has 2 heterocycles. The van der Waals surface area contributed by atoms with Crippen LogP contribution in [0.1, 0.15) is 0 Å². The van der Waals surface area contributed by atoms with Crippen molar-refractivity contribution in [1.29, 1.82) is 0 Å². The molecule has 21 heavy (non-hydrogen) atoms. The van der Waals surface area contributed by atoms with Crippen molar-refractivity contribution < 1.29 is 8.42 Å². The van der Waals surface area contributed by atoms with Crippen molar-refractivity contribution in [3.8, 4) is 0 Å². The zero-order valence-corrected chi connectivity index (χ0v) is 13.0. The Labute approximate surface area is 124 Å². The van der Waals surface area contributed by atoms with E-state index < -0.39 is 9.84 Å². The topological polar surface area (TPSA) is 66.4 Å². The second kappa shape index (κ2) is 5.23. The van der Waals surface area contributed by atoms with E-state index in [0.29, 0.717) is 4.90 Å². The maximum atomic E-state index is 11.7. The first-order valence-electron chi connectivity index (χ1n) is 6.83. The van der Waals surface area contributed by atoms with Crippen molar-refractivity contribution >= 4 is 26.6 Å². The molecule has 1 aromatic carbocycles. The van der Waals surface area contributed by atoms with Crippen LogP contribution in [0.2, 0.25) is 0 Å². The first-order valence-corrected chi connectivity index (χ1v) is 8.72. The van der Waals surface area contributed by atoms with Crippen molar-refractivity contribution in [3.63, 3.8) is 0 Å². The van der Waals surface area contributed by atoms with Crippen molar-refractivity contribution in [3.05, 3.63) is 24.5 Å². The third kappa shape index (κ3) is 2.84. The molecule has 0 N–H and O–H groups in total. The van der Waals surface area contributed by atoms with E-state index in [9.17, 15) is 8.42 Å². The van der Waals surface area contributed by atoms with Gasteiger partial charge in [-0.15, -0.1) is 0 Å². The Bertz CT molecular complexity index is 768. The van der Waals surface area contributed by atoms with Crippen LogP contribution in [0.15, 0.2) is 29.4 Å². The van der Waals surface area contributed by atoms with Gasteiger partial charge in [-0.2, -0.15) is 0 Å². The number of likely N-dealkylation sites (N-methyl/N-ethyl adjacent to an activating group) is 1. The molecule has 1 aliphatic rings. The molecule has 7 heteroatoms. The molecule has 112 valence electrons. The van der Waals surface area contributed by atoms with Crippen LogP contribution < -0.4 is 4.90 Å². The van der Waals surface area contributed by atoms with Gasteiger partial charge in [0.25, 0.3) is 0 Å². The normalized spacial score (nSPS) is 17.3. The van der Waals surface area contributed by atoms with Gasteiger partial charge in [0.1, 0.15) is 12.1 Å². The Morgan fingerprint density at radius 1 is 1.10 bits per heavy atom. The Hall–Kier alpha value is -1.73. The summed E-state index contributed by atoms with van der Waals surface area (Å²) in [5.74, 6) is 0.818. The molecule has 0 atom stereocenters. The van der Waals surface area contributed by atoms with Crippen molar-refractivity contribution in [2.75, 3.05) is 44.4 Å². The van der Waals surface area contributed by atoms with E-state index in [1.54, 1.807) is 18.2 Å². The van der Waals surface area contributed by atoms with Gasteiger partial charge in [-0.05, 0) is 25.2 Å². The molecule has 2 aromatic rings. The van der Waals surface area contributed by atoms with E-state index in [2.05, 4.69) is 26.8 Å². The maximum Gasteiger partial charge on any atom is 0.175 e. The molecule has 3 rings (SSSR count). The van der Waals surface area contributed by atoms with E-state index in [1.165, 1.54) is 12.6 Å². The SMILES string of the molecule is CN1CCN(c2ncnc3ccc(S(C)(=O)=O)cc23)CC1. The number of aromatic nitrogens is 2. The number of benzene rings is 1. The Morgan fingerprint density at radius 3 is 2.48 bits per heavy atom. The number of hydrogen-bond acceptors (Lipinski definition) is 6. The molecule has 0 amide bonds. The summed E-state index contributed by atoms with van der Waals surface area (Å²) in [6, 6.07) is 5.02. The number of piperazine rings is 1. The molecular weight excluding hydrogens is 288 g/mol. The second-order valence-corrected chi connectivity index (χ2v) is 7.45. The average molecular weight is 306 g/mol. The highest BCUT2D eigenvalue weighted by Gasteiger charge is 2.19. The van der Waals surface area contributed by atoms with Crippen LogP contribution in [-0.2, 0) is 9.84 Å². The first kappa shape index (κ1) is 14.2. The number of anilines is 1. The third-order valence-corrected chi connectivity index (χ3v) is 4.93. The zero-order valence-electron chi connectivity index (χ0n) is 12.2. The van der Waals surface area contributed by atoms with Gasteiger partial charge in [0.15, 0.2) is 9.84 Å². The largest absolute Gasteiger partial charge is 0.353 e. The Morgan fingerprint density at radius 2 is 1.81 bits per heavy atom. The summed E-state index contributed by atoms with van der Waals surface area (Å²) >= 11 is 0. The van der Waals surface area contributed by atoms with Crippen molar-refractivity contribution in [2.45, 2.75) is 4.90 Å². The fourth-order valence-electron chi connectivity index (χ4n) is 2.52. The van der Waals surface area contributed by atoms with Gasteiger partial charge < -0.3 is 9.80 Å². The number of hydrogen-bond donors (Lipinski definition) is 0. The van der Waals surface area contributed by atoms with Crippen LogP contribution in [0.4, 0.5) is 5.82 Å². The summed E-state index contributed by atoms with van der Waals surface area (Å²) in [5.41, 5.74) is 0.770. The minimum atomic E-state index is -3.23. The minimum absolute atomic E-state index is 0.306. The number of nitrogens with zero attached hydrogens (tertiary/aromatic N) is 4. The highest BCUT2D eigenvalue weighted by molar-refractivity contribution is 7.90. The molecule has 1 fully saturated rings. The molecule has 1 saturated heterocycles. The van der Waals surface area contributed by atoms with Gasteiger partial charge >= 0.3 is 0 Å². The lowest BCUT2D eigenvalue weighted by Gasteiger charge is -2.33. The summed E-state index contributed by atoms with van der Waals surface area (Å²) in [4.78, 5) is 13.4. The van der Waals surface area contributed by atoms with E-state index in [1.807, 2.05) is 0 Å². The average Bonchev–Trinajstić information content (AvgIpc) is 2.46. The predicted molar refractivity (Wildman–Crippen MR) is 82.4 cm³/mol. The fraction of sp³-hybridized carbons (Fsp3) is 0.429. The maximum absolute atomic E-state index is 11.7. The summed E-state index contributed by atoms with van der Waals surface area (Å²) in [7, 11) is -1.14. The van der Waals surface area contributed by atoms with E-state index in [-0.39, 0.29) is 0 Å². The smallest absolute Gasteiger partial charge is 0.175 e. The lowest BCUT2D eigenvalue weighted by atomic mass is 10.2. The summed E-state index contributed by atoms with van der Waals surface area (Å²) in [6.07, 6.45) is 2.75. The molecule has 0 spiro atoms. The monoisotopic (exact) mass is 306 g/mol. The van der Waals surface area contributed by atoms with Crippen LogP contribution in [-0.4, -0.2) is 62.8 Å². The molecule has 0 unspecified atom stereocenters. The fourth-order valence-corrected chi connectivity index (χ4v) is 3.17. The first-order chi connectivity index (χ1) is 9.95. The summed E-state index contributed by atoms with van der Waals surface area (Å²) < 4.78 is 23.5. The second-order valence-electron chi connectivity index (χ2n) is 5.44. The molecule has 1 aromatic heterocycles. The lowest BCUT2D eigenvalue weighted by molar-refractivity contribution is 0.312. The Kier molecular flexibility index (Phi) is 3.54. The van der Waals surface area contributed by atoms with Gasteiger partial charge in [-0.3, -0.25) is 0 Å². The summed E-state index contributed by atoms with van der Waals surface area (Å²) in [5, 5.41) is 0.796. The molecule has 0 saturated carbocycles. The van der Waals surface area contributed by atoms with Crippen LogP contribution in [0.3, 0.4) is 0 Å². The van der Waals surface area contributed by atoms with Gasteiger partial charge in [0, 0.05) is 37.8 Å². The predicted octanol–water partition coefficient (Wildman–Crippen LogP) is 0.785. The van der Waals surface area contributed by atoms with E-state index in [0.717, 1.165) is 42.9 Å². The molecule has 0 radical (unpaired) electrons. The standard InChI is InChI=1S/C14H18N4O2S/c1-17-5-7-18(8-6-17)14-12-9-11(21(2,19)20)3-4-13(12)15-10-16-14/h3-4,9-10H,5-8H2,1-2H3. The molecular formula is C14H18N4O2S. The van der Waals surface area contributed by atoms with Gasteiger partial charge in [0.05, 0.1) is 10.4 Å². The number of rotatable bonds is 2. The van der Waals surface area contributed by atoms with Crippen LogP contribution in [0, 0.1) is 0 Å². The van der Waals surface area contributed by atoms with E-state index >= 15 is 0 Å². The van der Waals surface area contributed by atoms with Gasteiger partial charge in [-0.1, -0.05) is 0 Å². The zero-order chi connectivity index (χ0) is 15.0. The Balaban J connectivity index is 2.09. The molecule has 1 aliphatic heterocycles. The number of sulfone groups is 1. The molecule has 6 nitrogen and oxygen atoms in total. The van der Waals surface area contributed by atoms with Crippen LogP contribution >= 0.6 is 0 Å².